The van der Waals surface area contributed by atoms with Crippen LogP contribution in [0.3, 0.4) is 0 Å². The van der Waals surface area contributed by atoms with Gasteiger partial charge in [0.25, 0.3) is 0 Å². The standard InChI is InChI=1S/C19H22O/c1-2-20-19(16-18-12-7-4-8-13-18)15-9-14-17-10-5-3-6-11-17/h3-8,10-13,15H,2,9,14,16H2,1H3/b19-15+. The number of aryl methyl sites for hydroxylation is 1. The molecule has 20 heavy (non-hydrogen) atoms. The molecule has 1 heteroatoms. The second-order valence-electron chi connectivity index (χ2n) is 4.79. The molecular formula is C19H22O. The fraction of sp³-hybridized carbons (Fsp3) is 0.263. The first-order chi connectivity index (χ1) is 9.88. The van der Waals surface area contributed by atoms with Gasteiger partial charge in [0.15, 0.2) is 0 Å². The first-order valence-electron chi connectivity index (χ1n) is 7.28. The van der Waals surface area contributed by atoms with Gasteiger partial charge in [-0.2, -0.15) is 0 Å². The van der Waals surface area contributed by atoms with E-state index in [9.17, 15) is 0 Å². The monoisotopic (exact) mass is 266 g/mol. The number of hydrogen-bond acceptors (Lipinski definition) is 1. The summed E-state index contributed by atoms with van der Waals surface area (Å²) in [4.78, 5) is 0. The van der Waals surface area contributed by atoms with Gasteiger partial charge in [-0.3, -0.25) is 0 Å². The van der Waals surface area contributed by atoms with Gasteiger partial charge in [-0.15, -0.1) is 0 Å². The van der Waals surface area contributed by atoms with Crippen molar-refractivity contribution in [3.8, 4) is 0 Å². The molecule has 2 aromatic carbocycles. The average molecular weight is 266 g/mol. The fourth-order valence-electron chi connectivity index (χ4n) is 2.21. The number of rotatable bonds is 7. The van der Waals surface area contributed by atoms with E-state index in [1.54, 1.807) is 0 Å². The highest BCUT2D eigenvalue weighted by Crippen LogP contribution is 2.12. The zero-order valence-electron chi connectivity index (χ0n) is 12.1. The molecule has 1 nitrogen and oxygen atoms in total. The average Bonchev–Trinajstić information content (AvgIpc) is 2.49. The Hall–Kier alpha value is -2.02. The van der Waals surface area contributed by atoms with Crippen molar-refractivity contribution >= 4 is 0 Å². The van der Waals surface area contributed by atoms with Crippen LogP contribution in [0, 0.1) is 0 Å². The van der Waals surface area contributed by atoms with Gasteiger partial charge in [0.2, 0.25) is 0 Å². The summed E-state index contributed by atoms with van der Waals surface area (Å²) in [6, 6.07) is 21.1. The second kappa shape index (κ2) is 8.21. The Labute approximate surface area is 121 Å². The fourth-order valence-corrected chi connectivity index (χ4v) is 2.21. The molecule has 0 bridgehead atoms. The topological polar surface area (TPSA) is 9.23 Å². The quantitative estimate of drug-likeness (QED) is 0.655. The van der Waals surface area contributed by atoms with Crippen LogP contribution in [0.1, 0.15) is 24.5 Å². The largest absolute Gasteiger partial charge is 0.498 e. The van der Waals surface area contributed by atoms with E-state index in [1.165, 1.54) is 11.1 Å². The third-order valence-corrected chi connectivity index (χ3v) is 3.20. The van der Waals surface area contributed by atoms with Crippen LogP contribution in [0.25, 0.3) is 0 Å². The third kappa shape index (κ3) is 4.93. The van der Waals surface area contributed by atoms with Crippen LogP contribution in [0.2, 0.25) is 0 Å². The van der Waals surface area contributed by atoms with Gasteiger partial charge in [0.1, 0.15) is 0 Å². The van der Waals surface area contributed by atoms with Crippen molar-refractivity contribution in [2.24, 2.45) is 0 Å². The SMILES string of the molecule is CCO/C(=C/CCc1ccccc1)Cc1ccccc1. The van der Waals surface area contributed by atoms with Gasteiger partial charge in [0, 0.05) is 6.42 Å². The predicted molar refractivity (Wildman–Crippen MR) is 84.6 cm³/mol. The molecule has 0 aliphatic heterocycles. The predicted octanol–water partition coefficient (Wildman–Crippen LogP) is 4.78. The van der Waals surface area contributed by atoms with E-state index < -0.39 is 0 Å². The molecular weight excluding hydrogens is 244 g/mol. The highest BCUT2D eigenvalue weighted by molar-refractivity contribution is 5.20. The minimum Gasteiger partial charge on any atom is -0.498 e. The van der Waals surface area contributed by atoms with E-state index in [2.05, 4.69) is 60.7 Å². The van der Waals surface area contributed by atoms with Crippen molar-refractivity contribution in [3.63, 3.8) is 0 Å². The molecule has 0 spiro atoms. The Bertz CT molecular complexity index is 514. The van der Waals surface area contributed by atoms with E-state index in [1.807, 2.05) is 13.0 Å². The molecule has 2 rings (SSSR count). The smallest absolute Gasteiger partial charge is 0.0963 e. The molecule has 2 aromatic rings. The summed E-state index contributed by atoms with van der Waals surface area (Å²) in [5.41, 5.74) is 2.67. The number of ether oxygens (including phenoxy) is 1. The lowest BCUT2D eigenvalue weighted by Crippen LogP contribution is -1.97. The zero-order chi connectivity index (χ0) is 14.0. The van der Waals surface area contributed by atoms with E-state index in [0.717, 1.165) is 31.6 Å². The summed E-state index contributed by atoms with van der Waals surface area (Å²) in [6.45, 7) is 2.76. The molecule has 0 aliphatic carbocycles. The number of allylic oxidation sites excluding steroid dienone is 2. The maximum atomic E-state index is 5.74. The van der Waals surface area contributed by atoms with Crippen molar-refractivity contribution in [3.05, 3.63) is 83.6 Å². The Balaban J connectivity index is 1.92. The Morgan fingerprint density at radius 3 is 2.10 bits per heavy atom. The van der Waals surface area contributed by atoms with Crippen LogP contribution in [-0.2, 0) is 17.6 Å². The van der Waals surface area contributed by atoms with Gasteiger partial charge < -0.3 is 4.74 Å². The Kier molecular flexibility index (Phi) is 5.91. The van der Waals surface area contributed by atoms with Gasteiger partial charge in [-0.1, -0.05) is 60.7 Å². The Morgan fingerprint density at radius 1 is 0.900 bits per heavy atom. The molecule has 0 amide bonds. The lowest BCUT2D eigenvalue weighted by molar-refractivity contribution is 0.221. The van der Waals surface area contributed by atoms with Crippen LogP contribution >= 0.6 is 0 Å². The molecule has 0 aliphatic rings. The summed E-state index contributed by atoms with van der Waals surface area (Å²) >= 11 is 0. The Morgan fingerprint density at radius 2 is 1.50 bits per heavy atom. The van der Waals surface area contributed by atoms with Gasteiger partial charge >= 0.3 is 0 Å². The van der Waals surface area contributed by atoms with E-state index in [-0.39, 0.29) is 0 Å². The van der Waals surface area contributed by atoms with Crippen LogP contribution < -0.4 is 0 Å². The molecule has 0 radical (unpaired) electrons. The van der Waals surface area contributed by atoms with Crippen LogP contribution in [0.5, 0.6) is 0 Å². The summed E-state index contributed by atoms with van der Waals surface area (Å²) in [7, 11) is 0. The molecule has 0 atom stereocenters. The summed E-state index contributed by atoms with van der Waals surface area (Å²) < 4.78 is 5.74. The summed E-state index contributed by atoms with van der Waals surface area (Å²) in [5.74, 6) is 1.08. The van der Waals surface area contributed by atoms with Crippen molar-refractivity contribution in [2.75, 3.05) is 6.61 Å². The molecule has 0 aromatic heterocycles. The van der Waals surface area contributed by atoms with E-state index in [4.69, 9.17) is 4.74 Å². The van der Waals surface area contributed by atoms with Crippen molar-refractivity contribution in [1.29, 1.82) is 0 Å². The first-order valence-corrected chi connectivity index (χ1v) is 7.28. The zero-order valence-corrected chi connectivity index (χ0v) is 12.1. The molecule has 104 valence electrons. The minimum absolute atomic E-state index is 0.726. The lowest BCUT2D eigenvalue weighted by atomic mass is 10.1. The highest BCUT2D eigenvalue weighted by atomic mass is 16.5. The summed E-state index contributed by atoms with van der Waals surface area (Å²) in [6.07, 6.45) is 5.19. The molecule has 0 N–H and O–H groups in total. The van der Waals surface area contributed by atoms with Gasteiger partial charge in [0.05, 0.1) is 12.4 Å². The van der Waals surface area contributed by atoms with Crippen LogP contribution in [-0.4, -0.2) is 6.61 Å². The van der Waals surface area contributed by atoms with E-state index in [0.29, 0.717) is 0 Å². The maximum Gasteiger partial charge on any atom is 0.0963 e. The normalized spacial score (nSPS) is 11.3. The van der Waals surface area contributed by atoms with Gasteiger partial charge in [-0.05, 0) is 37.0 Å². The summed E-state index contributed by atoms with van der Waals surface area (Å²) in [5, 5.41) is 0. The number of benzene rings is 2. The second-order valence-corrected chi connectivity index (χ2v) is 4.79. The van der Waals surface area contributed by atoms with E-state index >= 15 is 0 Å². The number of hydrogen-bond donors (Lipinski definition) is 0. The van der Waals surface area contributed by atoms with Crippen LogP contribution in [0.15, 0.2) is 72.5 Å². The molecule has 0 saturated heterocycles. The molecule has 0 heterocycles. The lowest BCUT2D eigenvalue weighted by Gasteiger charge is -2.09. The van der Waals surface area contributed by atoms with Crippen molar-refractivity contribution < 1.29 is 4.74 Å². The molecule has 0 unspecified atom stereocenters. The molecule has 0 fully saturated rings. The van der Waals surface area contributed by atoms with Crippen LogP contribution in [0.4, 0.5) is 0 Å². The molecule has 0 saturated carbocycles. The van der Waals surface area contributed by atoms with Crippen molar-refractivity contribution in [1.82, 2.24) is 0 Å². The highest BCUT2D eigenvalue weighted by Gasteiger charge is 2.00. The first kappa shape index (κ1) is 14.4. The maximum absolute atomic E-state index is 5.74. The minimum atomic E-state index is 0.726. The van der Waals surface area contributed by atoms with Crippen molar-refractivity contribution in [2.45, 2.75) is 26.2 Å². The van der Waals surface area contributed by atoms with Gasteiger partial charge in [-0.25, -0.2) is 0 Å². The third-order valence-electron chi connectivity index (χ3n) is 3.20.